The molecule has 160 valence electrons. The lowest BCUT2D eigenvalue weighted by atomic mass is 9.92. The molecule has 2 heterocycles. The number of nitrogens with zero attached hydrogens (tertiary/aromatic N) is 1. The summed E-state index contributed by atoms with van der Waals surface area (Å²) in [6.07, 6.45) is 2.07. The van der Waals surface area contributed by atoms with Gasteiger partial charge in [0.05, 0.1) is 18.3 Å². The minimum absolute atomic E-state index is 0.0185. The Labute approximate surface area is 178 Å². The molecule has 2 aliphatic rings. The summed E-state index contributed by atoms with van der Waals surface area (Å²) in [5.41, 5.74) is 1.79. The normalized spacial score (nSPS) is 23.2. The van der Waals surface area contributed by atoms with Crippen molar-refractivity contribution in [2.75, 3.05) is 38.3 Å². The highest BCUT2D eigenvalue weighted by Crippen LogP contribution is 2.39. The maximum absolute atomic E-state index is 13.5. The molecular weight excluding hydrogens is 380 g/mol. The predicted molar refractivity (Wildman–Crippen MR) is 116 cm³/mol. The van der Waals surface area contributed by atoms with Crippen LogP contribution >= 0.6 is 0 Å². The molecule has 0 spiro atoms. The molecule has 30 heavy (non-hydrogen) atoms. The van der Waals surface area contributed by atoms with E-state index in [9.17, 15) is 4.79 Å². The molecule has 1 fully saturated rings. The Kier molecular flexibility index (Phi) is 6.25. The van der Waals surface area contributed by atoms with Crippen molar-refractivity contribution in [1.29, 1.82) is 0 Å². The van der Waals surface area contributed by atoms with Gasteiger partial charge >= 0.3 is 0 Å². The zero-order valence-electron chi connectivity index (χ0n) is 17.7. The van der Waals surface area contributed by atoms with Gasteiger partial charge in [0.15, 0.2) is 0 Å². The van der Waals surface area contributed by atoms with E-state index in [4.69, 9.17) is 14.2 Å². The van der Waals surface area contributed by atoms with Crippen LogP contribution in [0.1, 0.15) is 42.6 Å². The molecule has 0 bridgehead atoms. The highest BCUT2D eigenvalue weighted by atomic mass is 16.5. The van der Waals surface area contributed by atoms with Crippen molar-refractivity contribution in [3.63, 3.8) is 0 Å². The van der Waals surface area contributed by atoms with Crippen LogP contribution in [0.2, 0.25) is 0 Å². The van der Waals surface area contributed by atoms with Crippen LogP contribution in [0, 0.1) is 0 Å². The Morgan fingerprint density at radius 1 is 1.20 bits per heavy atom. The minimum atomic E-state index is -0.712. The van der Waals surface area contributed by atoms with E-state index in [1.54, 1.807) is 0 Å². The molecule has 2 unspecified atom stereocenters. The molecule has 0 radical (unpaired) electrons. The van der Waals surface area contributed by atoms with E-state index >= 15 is 0 Å². The summed E-state index contributed by atoms with van der Waals surface area (Å²) >= 11 is 0. The van der Waals surface area contributed by atoms with E-state index in [0.29, 0.717) is 31.9 Å². The van der Waals surface area contributed by atoms with E-state index in [0.717, 1.165) is 36.4 Å². The Bertz CT molecular complexity index is 881. The number of benzene rings is 2. The second-order valence-electron chi connectivity index (χ2n) is 7.87. The number of ether oxygens (including phenoxy) is 3. The van der Waals surface area contributed by atoms with Gasteiger partial charge in [0.1, 0.15) is 18.0 Å². The fraction of sp³-hybridized carbons (Fsp3) is 0.458. The number of anilines is 1. The molecule has 4 rings (SSSR count). The fourth-order valence-electron chi connectivity index (χ4n) is 4.19. The monoisotopic (exact) mass is 410 g/mol. The van der Waals surface area contributed by atoms with Crippen LogP contribution in [0.15, 0.2) is 48.5 Å². The minimum Gasteiger partial charge on any atom is -0.491 e. The lowest BCUT2D eigenvalue weighted by molar-refractivity contribution is 0.0242. The first-order valence-electron chi connectivity index (χ1n) is 10.7. The highest BCUT2D eigenvalue weighted by molar-refractivity contribution is 6.02. The van der Waals surface area contributed by atoms with Gasteiger partial charge < -0.3 is 24.4 Å². The number of para-hydroxylation sites is 1. The molecule has 1 saturated heterocycles. The Morgan fingerprint density at radius 2 is 2.07 bits per heavy atom. The second kappa shape index (κ2) is 9.06. The predicted octanol–water partition coefficient (Wildman–Crippen LogP) is 4.02. The summed E-state index contributed by atoms with van der Waals surface area (Å²) < 4.78 is 17.1. The topological polar surface area (TPSA) is 60.0 Å². The number of carbonyl (C=O) groups excluding carboxylic acids is 1. The van der Waals surface area contributed by atoms with E-state index in [2.05, 4.69) is 12.2 Å². The van der Waals surface area contributed by atoms with E-state index in [1.165, 1.54) is 0 Å². The summed E-state index contributed by atoms with van der Waals surface area (Å²) in [7, 11) is 0. The zero-order valence-corrected chi connectivity index (χ0v) is 17.7. The average Bonchev–Trinajstić information content (AvgIpc) is 3.28. The molecule has 2 aromatic rings. The smallest absolute Gasteiger partial charge is 0.258 e. The number of rotatable bonds is 8. The largest absolute Gasteiger partial charge is 0.491 e. The number of hydrogen-bond donors (Lipinski definition) is 1. The van der Waals surface area contributed by atoms with Crippen molar-refractivity contribution in [1.82, 2.24) is 4.90 Å². The summed E-state index contributed by atoms with van der Waals surface area (Å²) in [4.78, 5) is 15.4. The van der Waals surface area contributed by atoms with Crippen LogP contribution in [0.4, 0.5) is 5.69 Å². The zero-order chi connectivity index (χ0) is 21.0. The van der Waals surface area contributed by atoms with Gasteiger partial charge in [-0.25, -0.2) is 0 Å². The average molecular weight is 411 g/mol. The number of carbonyl (C=O) groups is 1. The van der Waals surface area contributed by atoms with Crippen LogP contribution in [-0.2, 0) is 15.1 Å². The van der Waals surface area contributed by atoms with Gasteiger partial charge in [-0.3, -0.25) is 4.79 Å². The molecule has 2 aliphatic heterocycles. The molecule has 6 nitrogen and oxygen atoms in total. The van der Waals surface area contributed by atoms with Crippen LogP contribution in [0.3, 0.4) is 0 Å². The van der Waals surface area contributed by atoms with Crippen molar-refractivity contribution in [2.45, 2.75) is 38.5 Å². The molecule has 6 heteroatoms. The van der Waals surface area contributed by atoms with Crippen LogP contribution in [-0.4, -0.2) is 49.9 Å². The maximum atomic E-state index is 13.5. The van der Waals surface area contributed by atoms with Gasteiger partial charge in [-0.1, -0.05) is 24.3 Å². The molecular formula is C24H30N2O4. The quantitative estimate of drug-likeness (QED) is 0.666. The summed E-state index contributed by atoms with van der Waals surface area (Å²) in [6.45, 7) is 7.03. The van der Waals surface area contributed by atoms with Crippen molar-refractivity contribution >= 4 is 11.6 Å². The van der Waals surface area contributed by atoms with E-state index < -0.39 is 5.66 Å². The Morgan fingerprint density at radius 3 is 2.87 bits per heavy atom. The third-order valence-electron chi connectivity index (χ3n) is 5.83. The lowest BCUT2D eigenvalue weighted by Gasteiger charge is -2.47. The van der Waals surface area contributed by atoms with Crippen LogP contribution < -0.4 is 10.1 Å². The number of nitrogens with one attached hydrogen (secondary N) is 1. The summed E-state index contributed by atoms with van der Waals surface area (Å²) in [5.74, 6) is 0.781. The molecule has 0 aromatic heterocycles. The molecule has 1 N–H and O–H groups in total. The highest BCUT2D eigenvalue weighted by Gasteiger charge is 2.43. The van der Waals surface area contributed by atoms with Gasteiger partial charge in [-0.15, -0.1) is 0 Å². The molecule has 0 saturated carbocycles. The summed E-state index contributed by atoms with van der Waals surface area (Å²) in [5, 5.41) is 3.62. The van der Waals surface area contributed by atoms with Gasteiger partial charge in [-0.2, -0.15) is 0 Å². The second-order valence-corrected chi connectivity index (χ2v) is 7.87. The van der Waals surface area contributed by atoms with Crippen molar-refractivity contribution in [3.8, 4) is 5.75 Å². The van der Waals surface area contributed by atoms with Crippen LogP contribution in [0.25, 0.3) is 0 Å². The fourth-order valence-corrected chi connectivity index (χ4v) is 4.19. The van der Waals surface area contributed by atoms with Gasteiger partial charge in [0.25, 0.3) is 5.91 Å². The van der Waals surface area contributed by atoms with Gasteiger partial charge in [0, 0.05) is 31.0 Å². The molecule has 2 aromatic carbocycles. The van der Waals surface area contributed by atoms with E-state index in [-0.39, 0.29) is 12.0 Å². The molecule has 2 atom stereocenters. The summed E-state index contributed by atoms with van der Waals surface area (Å²) in [6, 6.07) is 15.6. The first kappa shape index (κ1) is 20.7. The number of fused-ring (bicyclic) bond motifs is 1. The molecule has 1 amide bonds. The van der Waals surface area contributed by atoms with Crippen molar-refractivity contribution < 1.29 is 19.0 Å². The van der Waals surface area contributed by atoms with Gasteiger partial charge in [-0.05, 0) is 51.0 Å². The third kappa shape index (κ3) is 4.16. The Balaban J connectivity index is 1.65. The standard InChI is InChI=1S/C24H30N2O4/c1-3-28-14-15-30-19-9-6-8-18(16-19)24(2)25-22-12-5-4-11-21(22)23(27)26(24)17-20-10-7-13-29-20/h4-6,8-9,11-12,16,20,25H,3,7,10,13-15,17H2,1-2H3. The Hall–Kier alpha value is -2.57. The number of hydrogen-bond acceptors (Lipinski definition) is 5. The van der Waals surface area contributed by atoms with Crippen LogP contribution in [0.5, 0.6) is 5.75 Å². The lowest BCUT2D eigenvalue weighted by Crippen LogP contribution is -2.57. The van der Waals surface area contributed by atoms with Crippen molar-refractivity contribution in [2.24, 2.45) is 0 Å². The first-order valence-corrected chi connectivity index (χ1v) is 10.7. The van der Waals surface area contributed by atoms with E-state index in [1.807, 2.05) is 60.4 Å². The van der Waals surface area contributed by atoms with Gasteiger partial charge in [0.2, 0.25) is 0 Å². The maximum Gasteiger partial charge on any atom is 0.258 e. The first-order chi connectivity index (χ1) is 14.6. The SMILES string of the molecule is CCOCCOc1cccc(C2(C)Nc3ccccc3C(=O)N2CC2CCCO2)c1. The molecule has 0 aliphatic carbocycles. The number of amides is 1. The third-order valence-corrected chi connectivity index (χ3v) is 5.83. The van der Waals surface area contributed by atoms with Crippen molar-refractivity contribution in [3.05, 3.63) is 59.7 Å².